The van der Waals surface area contributed by atoms with E-state index in [1.165, 1.54) is 43.1 Å². The van der Waals surface area contributed by atoms with Crippen LogP contribution in [0, 0.1) is 0 Å². The van der Waals surface area contributed by atoms with Crippen molar-refractivity contribution in [1.82, 2.24) is 9.80 Å². The third-order valence-electron chi connectivity index (χ3n) is 4.25. The molecule has 0 bridgehead atoms. The van der Waals surface area contributed by atoms with Gasteiger partial charge in [0.1, 0.15) is 8.80 Å². The number of nitrogens with zero attached hydrogens (tertiary/aromatic N) is 2. The van der Waals surface area contributed by atoms with Crippen LogP contribution in [0.2, 0.25) is 0 Å². The lowest BCUT2D eigenvalue weighted by Crippen LogP contribution is -2.52. The van der Waals surface area contributed by atoms with Crippen LogP contribution >= 0.6 is 0 Å². The molecule has 1 aliphatic heterocycles. The van der Waals surface area contributed by atoms with Gasteiger partial charge in [-0.3, -0.25) is 0 Å². The van der Waals surface area contributed by atoms with Crippen LogP contribution in [0.25, 0.3) is 6.08 Å². The van der Waals surface area contributed by atoms with E-state index in [0.717, 1.165) is 12.8 Å². The van der Waals surface area contributed by atoms with Gasteiger partial charge in [0, 0.05) is 39.0 Å². The summed E-state index contributed by atoms with van der Waals surface area (Å²) >= 11 is 0. The molecule has 0 radical (unpaired) electrons. The summed E-state index contributed by atoms with van der Waals surface area (Å²) < 4.78 is 5.80. The highest BCUT2D eigenvalue weighted by Gasteiger charge is 2.22. The molecular formula is C17H28N2OSi. The van der Waals surface area contributed by atoms with Crippen molar-refractivity contribution in [3.8, 4) is 0 Å². The fraction of sp³-hybridized carbons (Fsp3) is 0.529. The zero-order chi connectivity index (χ0) is 15.1. The van der Waals surface area contributed by atoms with Gasteiger partial charge < -0.3 is 14.5 Å². The molecule has 116 valence electrons. The fourth-order valence-electron chi connectivity index (χ4n) is 2.91. The molecule has 21 heavy (non-hydrogen) atoms. The van der Waals surface area contributed by atoms with Crippen molar-refractivity contribution < 1.29 is 4.74 Å². The van der Waals surface area contributed by atoms with Gasteiger partial charge in [-0.25, -0.2) is 0 Å². The first-order valence-corrected chi connectivity index (χ1v) is 10.2. The van der Waals surface area contributed by atoms with Crippen molar-refractivity contribution in [3.63, 3.8) is 0 Å². The van der Waals surface area contributed by atoms with E-state index >= 15 is 0 Å². The molecule has 1 fully saturated rings. The minimum Gasteiger partial charge on any atom is -0.385 e. The summed E-state index contributed by atoms with van der Waals surface area (Å²) in [5.74, 6) is 0. The second-order valence-electron chi connectivity index (χ2n) is 5.79. The van der Waals surface area contributed by atoms with E-state index in [1.54, 1.807) is 0 Å². The largest absolute Gasteiger partial charge is 0.385 e. The van der Waals surface area contributed by atoms with Gasteiger partial charge in [-0.1, -0.05) is 42.1 Å². The molecule has 0 N–H and O–H groups in total. The molecule has 0 aliphatic carbocycles. The maximum absolute atomic E-state index is 5.80. The van der Waals surface area contributed by atoms with Crippen LogP contribution in [0.3, 0.4) is 0 Å². The molecule has 0 saturated carbocycles. The number of likely N-dealkylation sites (N-methyl/N-ethyl adjacent to an activating group) is 1. The summed E-state index contributed by atoms with van der Waals surface area (Å²) in [4.78, 5) is 5.03. The quantitative estimate of drug-likeness (QED) is 0.702. The third kappa shape index (κ3) is 4.78. The maximum atomic E-state index is 5.80. The fourth-order valence-corrected chi connectivity index (χ4v) is 5.97. The summed E-state index contributed by atoms with van der Waals surface area (Å²) in [6, 6.07) is 8.71. The number of rotatable bonds is 7. The third-order valence-corrected chi connectivity index (χ3v) is 7.25. The van der Waals surface area contributed by atoms with Crippen molar-refractivity contribution in [2.24, 2.45) is 0 Å². The van der Waals surface area contributed by atoms with Crippen LogP contribution in [0.4, 0.5) is 0 Å². The molecule has 3 nitrogen and oxygen atoms in total. The van der Waals surface area contributed by atoms with Crippen molar-refractivity contribution in [2.75, 3.05) is 52.2 Å². The van der Waals surface area contributed by atoms with Crippen LogP contribution in [-0.2, 0) is 4.74 Å². The zero-order valence-electron chi connectivity index (χ0n) is 13.4. The van der Waals surface area contributed by atoms with Crippen molar-refractivity contribution in [3.05, 3.63) is 36.4 Å². The first kappa shape index (κ1) is 16.4. The van der Waals surface area contributed by atoms with Crippen LogP contribution in [0.1, 0.15) is 12.5 Å². The van der Waals surface area contributed by atoms with Crippen molar-refractivity contribution >= 4 is 20.1 Å². The monoisotopic (exact) mass is 304 g/mol. The Morgan fingerprint density at radius 3 is 2.62 bits per heavy atom. The Balaban J connectivity index is 2.08. The predicted octanol–water partition coefficient (Wildman–Crippen LogP) is 1.13. The second kappa shape index (κ2) is 8.49. The summed E-state index contributed by atoms with van der Waals surface area (Å²) in [7, 11) is 1.06. The highest BCUT2D eigenvalue weighted by molar-refractivity contribution is 6.74. The molecule has 1 unspecified atom stereocenters. The molecule has 1 aliphatic rings. The summed E-state index contributed by atoms with van der Waals surface area (Å²) in [6.07, 6.45) is 4.12. The van der Waals surface area contributed by atoms with Gasteiger partial charge in [0.15, 0.2) is 0 Å². The lowest BCUT2D eigenvalue weighted by Gasteiger charge is -2.34. The van der Waals surface area contributed by atoms with Gasteiger partial charge in [-0.15, -0.1) is 0 Å². The molecule has 1 heterocycles. The van der Waals surface area contributed by atoms with Crippen LogP contribution in [0.15, 0.2) is 30.8 Å². The van der Waals surface area contributed by atoms with Crippen LogP contribution < -0.4 is 5.19 Å². The average molecular weight is 305 g/mol. The molecule has 4 heteroatoms. The minimum absolute atomic E-state index is 0.808. The number of benzene rings is 1. The Kier molecular flexibility index (Phi) is 6.64. The standard InChI is InChI=1S/C17H28N2OSi/c1-4-16-8-6-7-9-17(16)21(15-20-5-2)14-19-12-10-18(3)11-13-19/h4,6-9,21H,1,5,10-15H2,2-3H3. The summed E-state index contributed by atoms with van der Waals surface area (Å²) in [5, 5.41) is 1.50. The molecule has 0 spiro atoms. The molecule has 1 aromatic rings. The van der Waals surface area contributed by atoms with E-state index in [2.05, 4.69) is 54.6 Å². The van der Waals surface area contributed by atoms with Gasteiger partial charge in [0.05, 0.1) is 0 Å². The predicted molar refractivity (Wildman–Crippen MR) is 93.7 cm³/mol. The highest BCUT2D eigenvalue weighted by atomic mass is 28.3. The first-order chi connectivity index (χ1) is 10.2. The van der Waals surface area contributed by atoms with E-state index in [4.69, 9.17) is 4.74 Å². The first-order valence-electron chi connectivity index (χ1n) is 7.94. The molecule has 0 amide bonds. The number of ether oxygens (including phenoxy) is 1. The Morgan fingerprint density at radius 2 is 1.95 bits per heavy atom. The van der Waals surface area contributed by atoms with Crippen LogP contribution in [0.5, 0.6) is 0 Å². The zero-order valence-corrected chi connectivity index (χ0v) is 14.6. The molecule has 1 saturated heterocycles. The van der Waals surface area contributed by atoms with E-state index < -0.39 is 8.80 Å². The minimum atomic E-state index is -1.15. The topological polar surface area (TPSA) is 15.7 Å². The number of piperazine rings is 1. The Morgan fingerprint density at radius 1 is 1.24 bits per heavy atom. The smallest absolute Gasteiger partial charge is 0.115 e. The molecule has 1 atom stereocenters. The van der Waals surface area contributed by atoms with Crippen molar-refractivity contribution in [1.29, 1.82) is 0 Å². The maximum Gasteiger partial charge on any atom is 0.115 e. The average Bonchev–Trinajstić information content (AvgIpc) is 2.53. The van der Waals surface area contributed by atoms with Gasteiger partial charge in [0.25, 0.3) is 0 Å². The highest BCUT2D eigenvalue weighted by Crippen LogP contribution is 2.05. The second-order valence-corrected chi connectivity index (χ2v) is 8.51. The SMILES string of the molecule is C=Cc1ccccc1[SiH](COCC)CN1CCN(C)CC1. The van der Waals surface area contributed by atoms with Gasteiger partial charge >= 0.3 is 0 Å². The Bertz CT molecular complexity index is 444. The van der Waals surface area contributed by atoms with Gasteiger partial charge in [-0.05, 0) is 25.7 Å². The lowest BCUT2D eigenvalue weighted by molar-refractivity contribution is 0.164. The van der Waals surface area contributed by atoms with Crippen molar-refractivity contribution in [2.45, 2.75) is 6.92 Å². The molecule has 1 aromatic carbocycles. The van der Waals surface area contributed by atoms with E-state index in [9.17, 15) is 0 Å². The summed E-state index contributed by atoms with van der Waals surface area (Å²) in [6.45, 7) is 11.6. The van der Waals surface area contributed by atoms with E-state index in [0.29, 0.717) is 0 Å². The Labute approximate surface area is 130 Å². The number of hydrogen-bond donors (Lipinski definition) is 0. The van der Waals surface area contributed by atoms with Gasteiger partial charge in [-0.2, -0.15) is 0 Å². The summed E-state index contributed by atoms with van der Waals surface area (Å²) in [5.41, 5.74) is 1.29. The molecule has 0 aromatic heterocycles. The van der Waals surface area contributed by atoms with E-state index in [-0.39, 0.29) is 0 Å². The normalized spacial score (nSPS) is 18.6. The van der Waals surface area contributed by atoms with E-state index in [1.807, 2.05) is 6.08 Å². The van der Waals surface area contributed by atoms with Gasteiger partial charge in [0.2, 0.25) is 0 Å². The molecule has 2 rings (SSSR count). The lowest BCUT2D eigenvalue weighted by atomic mass is 10.2. The number of hydrogen-bond acceptors (Lipinski definition) is 3. The Hall–Kier alpha value is -0.943. The van der Waals surface area contributed by atoms with Crippen LogP contribution in [-0.4, -0.2) is 70.8 Å². The molecular weight excluding hydrogens is 276 g/mol.